The molecule has 0 aliphatic rings. The second kappa shape index (κ2) is 5.75. The Balaban J connectivity index is 1.87. The van der Waals surface area contributed by atoms with E-state index in [0.29, 0.717) is 18.3 Å². The van der Waals surface area contributed by atoms with Gasteiger partial charge in [0.15, 0.2) is 5.82 Å². The van der Waals surface area contributed by atoms with Crippen LogP contribution in [0, 0.1) is 6.92 Å². The van der Waals surface area contributed by atoms with Gasteiger partial charge in [-0.25, -0.2) is 0 Å². The van der Waals surface area contributed by atoms with Gasteiger partial charge in [-0.15, -0.1) is 0 Å². The van der Waals surface area contributed by atoms with Crippen molar-refractivity contribution >= 4 is 31.9 Å². The number of nitrogens with one attached hydrogen (secondary N) is 1. The number of halogens is 2. The van der Waals surface area contributed by atoms with Crippen LogP contribution in [-0.4, -0.2) is 10.1 Å². The van der Waals surface area contributed by atoms with Gasteiger partial charge < -0.3 is 9.84 Å². The third-order valence-electron chi connectivity index (χ3n) is 2.17. The van der Waals surface area contributed by atoms with E-state index in [1.807, 2.05) is 6.07 Å². The van der Waals surface area contributed by atoms with Crippen LogP contribution in [0.4, 0.5) is 0 Å². The first-order chi connectivity index (χ1) is 8.15. The van der Waals surface area contributed by atoms with Crippen molar-refractivity contribution in [1.29, 1.82) is 0 Å². The molecule has 6 heteroatoms. The molecule has 0 amide bonds. The summed E-state index contributed by atoms with van der Waals surface area (Å²) in [4.78, 5) is 4.12. The van der Waals surface area contributed by atoms with Gasteiger partial charge in [0.1, 0.15) is 0 Å². The molecule has 17 heavy (non-hydrogen) atoms. The zero-order valence-corrected chi connectivity index (χ0v) is 12.4. The van der Waals surface area contributed by atoms with Crippen LogP contribution in [0.3, 0.4) is 0 Å². The SMILES string of the molecule is Cc1nc(CNCc2ccc(Br)c(Br)c2)no1. The van der Waals surface area contributed by atoms with Crippen LogP contribution < -0.4 is 5.32 Å². The van der Waals surface area contributed by atoms with Crippen molar-refractivity contribution in [2.45, 2.75) is 20.0 Å². The summed E-state index contributed by atoms with van der Waals surface area (Å²) in [7, 11) is 0. The fourth-order valence-electron chi connectivity index (χ4n) is 1.38. The quantitative estimate of drug-likeness (QED) is 0.909. The Kier molecular flexibility index (Phi) is 4.31. The second-order valence-electron chi connectivity index (χ2n) is 3.58. The van der Waals surface area contributed by atoms with Gasteiger partial charge in [0, 0.05) is 22.4 Å². The summed E-state index contributed by atoms with van der Waals surface area (Å²) in [6.45, 7) is 3.15. The normalized spacial score (nSPS) is 10.8. The Bertz CT molecular complexity index is 513. The monoisotopic (exact) mass is 359 g/mol. The molecule has 0 saturated carbocycles. The highest BCUT2D eigenvalue weighted by Gasteiger charge is 2.02. The van der Waals surface area contributed by atoms with Crippen LogP contribution in [0.25, 0.3) is 0 Å². The molecule has 0 unspecified atom stereocenters. The summed E-state index contributed by atoms with van der Waals surface area (Å²) in [6.07, 6.45) is 0. The maximum Gasteiger partial charge on any atom is 0.223 e. The maximum absolute atomic E-state index is 4.89. The fraction of sp³-hybridized carbons (Fsp3) is 0.273. The predicted molar refractivity (Wildman–Crippen MR) is 71.4 cm³/mol. The minimum absolute atomic E-state index is 0.591. The molecule has 0 aliphatic heterocycles. The number of nitrogens with zero attached hydrogens (tertiary/aromatic N) is 2. The summed E-state index contributed by atoms with van der Waals surface area (Å²) >= 11 is 6.91. The van der Waals surface area contributed by atoms with E-state index in [1.165, 1.54) is 5.56 Å². The van der Waals surface area contributed by atoms with Crippen molar-refractivity contribution in [2.75, 3.05) is 0 Å². The molecule has 1 aromatic heterocycles. The van der Waals surface area contributed by atoms with Crippen molar-refractivity contribution in [3.63, 3.8) is 0 Å². The summed E-state index contributed by atoms with van der Waals surface area (Å²) in [5, 5.41) is 7.07. The molecule has 1 heterocycles. The summed E-state index contributed by atoms with van der Waals surface area (Å²) in [5.41, 5.74) is 1.19. The molecule has 4 nitrogen and oxygen atoms in total. The molecule has 0 fully saturated rings. The zero-order valence-electron chi connectivity index (χ0n) is 9.20. The number of aromatic nitrogens is 2. The minimum Gasteiger partial charge on any atom is -0.340 e. The molecule has 0 radical (unpaired) electrons. The Morgan fingerprint density at radius 3 is 2.71 bits per heavy atom. The first-order valence-corrected chi connectivity index (χ1v) is 6.67. The maximum atomic E-state index is 4.89. The Morgan fingerprint density at radius 2 is 2.06 bits per heavy atom. The molecule has 2 aromatic rings. The third kappa shape index (κ3) is 3.62. The van der Waals surface area contributed by atoms with E-state index in [1.54, 1.807) is 6.92 Å². The third-order valence-corrected chi connectivity index (χ3v) is 4.05. The van der Waals surface area contributed by atoms with Crippen molar-refractivity contribution in [2.24, 2.45) is 0 Å². The molecular weight excluding hydrogens is 350 g/mol. The Hall–Kier alpha value is -0.720. The number of hydrogen-bond donors (Lipinski definition) is 1. The molecular formula is C11H11Br2N3O. The highest BCUT2D eigenvalue weighted by atomic mass is 79.9. The average Bonchev–Trinajstić information content (AvgIpc) is 2.70. The topological polar surface area (TPSA) is 51.0 Å². The number of rotatable bonds is 4. The van der Waals surface area contributed by atoms with Crippen LogP contribution in [0.15, 0.2) is 31.7 Å². The van der Waals surface area contributed by atoms with Crippen LogP contribution in [0.1, 0.15) is 17.3 Å². The highest BCUT2D eigenvalue weighted by molar-refractivity contribution is 9.13. The molecule has 90 valence electrons. The second-order valence-corrected chi connectivity index (χ2v) is 5.29. The van der Waals surface area contributed by atoms with Gasteiger partial charge in [0.05, 0.1) is 6.54 Å². The number of aryl methyl sites for hydroxylation is 1. The largest absolute Gasteiger partial charge is 0.340 e. The smallest absolute Gasteiger partial charge is 0.223 e. The van der Waals surface area contributed by atoms with Gasteiger partial charge in [-0.2, -0.15) is 4.98 Å². The first-order valence-electron chi connectivity index (χ1n) is 5.09. The molecule has 0 spiro atoms. The van der Waals surface area contributed by atoms with E-state index in [2.05, 4.69) is 59.5 Å². The first kappa shape index (κ1) is 12.7. The van der Waals surface area contributed by atoms with E-state index in [-0.39, 0.29) is 0 Å². The lowest BCUT2D eigenvalue weighted by molar-refractivity contribution is 0.385. The lowest BCUT2D eigenvalue weighted by atomic mass is 10.2. The average molecular weight is 361 g/mol. The van der Waals surface area contributed by atoms with Gasteiger partial charge in [-0.1, -0.05) is 11.2 Å². The van der Waals surface area contributed by atoms with Gasteiger partial charge in [-0.3, -0.25) is 0 Å². The molecule has 0 aliphatic carbocycles. The minimum atomic E-state index is 0.591. The van der Waals surface area contributed by atoms with Gasteiger partial charge in [0.2, 0.25) is 5.89 Å². The summed E-state index contributed by atoms with van der Waals surface area (Å²) in [6, 6.07) is 6.14. The van der Waals surface area contributed by atoms with Crippen LogP contribution in [0.2, 0.25) is 0 Å². The molecule has 1 N–H and O–H groups in total. The Labute approximate surface area is 116 Å². The number of benzene rings is 1. The van der Waals surface area contributed by atoms with Crippen molar-refractivity contribution in [3.05, 3.63) is 44.4 Å². The summed E-state index contributed by atoms with van der Waals surface area (Å²) in [5.74, 6) is 1.27. The zero-order chi connectivity index (χ0) is 12.3. The molecule has 0 saturated heterocycles. The lowest BCUT2D eigenvalue weighted by Crippen LogP contribution is -2.13. The number of hydrogen-bond acceptors (Lipinski definition) is 4. The highest BCUT2D eigenvalue weighted by Crippen LogP contribution is 2.23. The van der Waals surface area contributed by atoms with E-state index < -0.39 is 0 Å². The molecule has 0 atom stereocenters. The fourth-order valence-corrected chi connectivity index (χ4v) is 2.05. The predicted octanol–water partition coefficient (Wildman–Crippen LogP) is 3.19. The van der Waals surface area contributed by atoms with E-state index >= 15 is 0 Å². The van der Waals surface area contributed by atoms with Crippen LogP contribution >= 0.6 is 31.9 Å². The van der Waals surface area contributed by atoms with Gasteiger partial charge in [0.25, 0.3) is 0 Å². The lowest BCUT2D eigenvalue weighted by Gasteiger charge is -2.04. The molecule has 1 aromatic carbocycles. The molecule has 2 rings (SSSR count). The van der Waals surface area contributed by atoms with Gasteiger partial charge in [-0.05, 0) is 49.6 Å². The van der Waals surface area contributed by atoms with Crippen molar-refractivity contribution in [3.8, 4) is 0 Å². The molecule has 0 bridgehead atoms. The van der Waals surface area contributed by atoms with E-state index in [4.69, 9.17) is 4.52 Å². The van der Waals surface area contributed by atoms with Gasteiger partial charge >= 0.3 is 0 Å². The van der Waals surface area contributed by atoms with Crippen molar-refractivity contribution < 1.29 is 4.52 Å². The Morgan fingerprint density at radius 1 is 1.24 bits per heavy atom. The van der Waals surface area contributed by atoms with E-state index in [0.717, 1.165) is 15.5 Å². The van der Waals surface area contributed by atoms with Crippen LogP contribution in [-0.2, 0) is 13.1 Å². The standard InChI is InChI=1S/C11H11Br2N3O/c1-7-15-11(16-17-7)6-14-5-8-2-3-9(12)10(13)4-8/h2-4,14H,5-6H2,1H3. The van der Waals surface area contributed by atoms with Crippen molar-refractivity contribution in [1.82, 2.24) is 15.5 Å². The summed E-state index contributed by atoms with van der Waals surface area (Å²) < 4.78 is 6.99. The van der Waals surface area contributed by atoms with Crippen LogP contribution in [0.5, 0.6) is 0 Å². The van der Waals surface area contributed by atoms with E-state index in [9.17, 15) is 0 Å².